The summed E-state index contributed by atoms with van der Waals surface area (Å²) in [5.74, 6) is 1.20. The highest BCUT2D eigenvalue weighted by Crippen LogP contribution is 2.47. The van der Waals surface area contributed by atoms with Crippen molar-refractivity contribution in [3.63, 3.8) is 0 Å². The van der Waals surface area contributed by atoms with Gasteiger partial charge in [0, 0.05) is 12.2 Å². The van der Waals surface area contributed by atoms with E-state index in [1.807, 2.05) is 32.0 Å². The van der Waals surface area contributed by atoms with Crippen LogP contribution >= 0.6 is 11.8 Å². The molecule has 2 heterocycles. The standard InChI is InChI=1S/C16H20N2O3S/c1-10-4-5-13(21-3)11(8-10)17-15(20)12-9-22-16(2)7-6-14(19)18(12)16/h4-5,8,12H,6-7,9H2,1-3H3,(H,17,20)/t12-,16-/m0/s1. The van der Waals surface area contributed by atoms with Crippen molar-refractivity contribution >= 4 is 29.3 Å². The number of carbonyl (C=O) groups is 2. The van der Waals surface area contributed by atoms with Crippen LogP contribution in [0.15, 0.2) is 18.2 Å². The average molecular weight is 320 g/mol. The number of aryl methyl sites for hydroxylation is 1. The maximum atomic E-state index is 12.7. The Kier molecular flexibility index (Phi) is 3.80. The van der Waals surface area contributed by atoms with E-state index >= 15 is 0 Å². The third-order valence-corrected chi connectivity index (χ3v) is 5.87. The van der Waals surface area contributed by atoms with E-state index < -0.39 is 6.04 Å². The van der Waals surface area contributed by atoms with Gasteiger partial charge < -0.3 is 15.0 Å². The van der Waals surface area contributed by atoms with Gasteiger partial charge in [0.1, 0.15) is 11.8 Å². The number of hydrogen-bond acceptors (Lipinski definition) is 4. The van der Waals surface area contributed by atoms with Gasteiger partial charge in [-0.25, -0.2) is 0 Å². The van der Waals surface area contributed by atoms with Gasteiger partial charge in [-0.15, -0.1) is 11.8 Å². The van der Waals surface area contributed by atoms with E-state index in [4.69, 9.17) is 4.74 Å². The van der Waals surface area contributed by atoms with Gasteiger partial charge in [-0.3, -0.25) is 9.59 Å². The van der Waals surface area contributed by atoms with Crippen LogP contribution in [-0.2, 0) is 9.59 Å². The second kappa shape index (κ2) is 5.50. The lowest BCUT2D eigenvalue weighted by molar-refractivity contribution is -0.135. The molecule has 3 rings (SSSR count). The summed E-state index contributed by atoms with van der Waals surface area (Å²) in [6.45, 7) is 4.00. The molecular formula is C16H20N2O3S. The molecule has 0 aliphatic carbocycles. The fourth-order valence-corrected chi connectivity index (χ4v) is 4.58. The first-order valence-electron chi connectivity index (χ1n) is 7.36. The first-order chi connectivity index (χ1) is 10.4. The Labute approximate surface area is 134 Å². The van der Waals surface area contributed by atoms with Gasteiger partial charge in [-0.1, -0.05) is 6.07 Å². The van der Waals surface area contributed by atoms with Crippen molar-refractivity contribution in [2.75, 3.05) is 18.2 Å². The number of benzene rings is 1. The number of nitrogens with zero attached hydrogens (tertiary/aromatic N) is 1. The Hall–Kier alpha value is -1.69. The van der Waals surface area contributed by atoms with E-state index in [1.165, 1.54) is 0 Å². The molecule has 0 saturated carbocycles. The van der Waals surface area contributed by atoms with Gasteiger partial charge in [-0.2, -0.15) is 0 Å². The number of thioether (sulfide) groups is 1. The van der Waals surface area contributed by atoms with E-state index in [9.17, 15) is 9.59 Å². The minimum atomic E-state index is -0.407. The number of ether oxygens (including phenoxy) is 1. The molecule has 0 spiro atoms. The molecule has 1 N–H and O–H groups in total. The normalized spacial score (nSPS) is 27.0. The zero-order chi connectivity index (χ0) is 15.9. The van der Waals surface area contributed by atoms with E-state index in [0.717, 1.165) is 12.0 Å². The average Bonchev–Trinajstić information content (AvgIpc) is 2.96. The molecule has 1 aromatic rings. The lowest BCUT2D eigenvalue weighted by Crippen LogP contribution is -2.48. The van der Waals surface area contributed by atoms with Crippen LogP contribution in [-0.4, -0.2) is 40.5 Å². The second-order valence-electron chi connectivity index (χ2n) is 5.96. The maximum Gasteiger partial charge on any atom is 0.248 e. The summed E-state index contributed by atoms with van der Waals surface area (Å²) < 4.78 is 5.29. The molecule has 0 unspecified atom stereocenters. The van der Waals surface area contributed by atoms with Gasteiger partial charge in [0.05, 0.1) is 17.7 Å². The minimum absolute atomic E-state index is 0.0730. The van der Waals surface area contributed by atoms with Crippen molar-refractivity contribution in [2.24, 2.45) is 0 Å². The Balaban J connectivity index is 1.81. The van der Waals surface area contributed by atoms with Crippen LogP contribution in [0.4, 0.5) is 5.69 Å². The molecule has 0 radical (unpaired) electrons. The Morgan fingerprint density at radius 2 is 2.27 bits per heavy atom. The predicted octanol–water partition coefficient (Wildman–Crippen LogP) is 2.40. The first kappa shape index (κ1) is 15.2. The molecule has 2 saturated heterocycles. The van der Waals surface area contributed by atoms with E-state index in [1.54, 1.807) is 23.8 Å². The van der Waals surface area contributed by atoms with Crippen molar-refractivity contribution in [3.05, 3.63) is 23.8 Å². The van der Waals surface area contributed by atoms with Crippen molar-refractivity contribution in [1.82, 2.24) is 4.90 Å². The first-order valence-corrected chi connectivity index (χ1v) is 8.35. The van der Waals surface area contributed by atoms with Crippen molar-refractivity contribution < 1.29 is 14.3 Å². The number of amides is 2. The van der Waals surface area contributed by atoms with Gasteiger partial charge in [-0.05, 0) is 38.0 Å². The monoisotopic (exact) mass is 320 g/mol. The van der Waals surface area contributed by atoms with Crippen LogP contribution in [0.2, 0.25) is 0 Å². The van der Waals surface area contributed by atoms with Crippen LogP contribution in [0.3, 0.4) is 0 Å². The fourth-order valence-electron chi connectivity index (χ4n) is 3.15. The van der Waals surface area contributed by atoms with Crippen LogP contribution in [0, 0.1) is 6.92 Å². The summed E-state index contributed by atoms with van der Waals surface area (Å²) in [5, 5.41) is 2.92. The predicted molar refractivity (Wildman–Crippen MR) is 87.1 cm³/mol. The zero-order valence-corrected chi connectivity index (χ0v) is 13.8. The second-order valence-corrected chi connectivity index (χ2v) is 7.46. The maximum absolute atomic E-state index is 12.7. The van der Waals surface area contributed by atoms with Crippen LogP contribution < -0.4 is 10.1 Å². The lowest BCUT2D eigenvalue weighted by Gasteiger charge is -2.30. The van der Waals surface area contributed by atoms with E-state index in [-0.39, 0.29) is 16.7 Å². The molecule has 6 heteroatoms. The van der Waals surface area contributed by atoms with Gasteiger partial charge in [0.25, 0.3) is 0 Å². The molecule has 1 aromatic carbocycles. The Morgan fingerprint density at radius 3 is 3.00 bits per heavy atom. The number of methoxy groups -OCH3 is 1. The largest absolute Gasteiger partial charge is 0.495 e. The molecule has 2 amide bonds. The third kappa shape index (κ3) is 2.45. The van der Waals surface area contributed by atoms with Crippen molar-refractivity contribution in [1.29, 1.82) is 0 Å². The summed E-state index contributed by atoms with van der Waals surface area (Å²) >= 11 is 1.69. The van der Waals surface area contributed by atoms with Crippen molar-refractivity contribution in [2.45, 2.75) is 37.6 Å². The Morgan fingerprint density at radius 1 is 1.50 bits per heavy atom. The minimum Gasteiger partial charge on any atom is -0.495 e. The third-order valence-electron chi connectivity index (χ3n) is 4.36. The zero-order valence-electron chi connectivity index (χ0n) is 13.0. The topological polar surface area (TPSA) is 58.6 Å². The molecular weight excluding hydrogens is 300 g/mol. The van der Waals surface area contributed by atoms with Gasteiger partial charge in [0.2, 0.25) is 11.8 Å². The summed E-state index contributed by atoms with van der Waals surface area (Å²) in [5.41, 5.74) is 1.69. The quantitative estimate of drug-likeness (QED) is 0.929. The highest BCUT2D eigenvalue weighted by molar-refractivity contribution is 8.01. The van der Waals surface area contributed by atoms with Crippen LogP contribution in [0.25, 0.3) is 0 Å². The number of carbonyl (C=O) groups excluding carboxylic acids is 2. The van der Waals surface area contributed by atoms with Gasteiger partial charge >= 0.3 is 0 Å². The molecule has 0 bridgehead atoms. The highest BCUT2D eigenvalue weighted by atomic mass is 32.2. The molecule has 118 valence electrons. The van der Waals surface area contributed by atoms with Crippen LogP contribution in [0.1, 0.15) is 25.3 Å². The lowest BCUT2D eigenvalue weighted by atomic mass is 10.1. The molecule has 2 fully saturated rings. The molecule has 2 atom stereocenters. The summed E-state index contributed by atoms with van der Waals surface area (Å²) in [6, 6.07) is 5.24. The van der Waals surface area contributed by atoms with Crippen molar-refractivity contribution in [3.8, 4) is 5.75 Å². The summed E-state index contributed by atoms with van der Waals surface area (Å²) in [4.78, 5) is 26.3. The van der Waals surface area contributed by atoms with E-state index in [0.29, 0.717) is 23.6 Å². The molecule has 2 aliphatic heterocycles. The number of hydrogen-bond donors (Lipinski definition) is 1. The van der Waals surface area contributed by atoms with Gasteiger partial charge in [0.15, 0.2) is 0 Å². The van der Waals surface area contributed by atoms with E-state index in [2.05, 4.69) is 5.32 Å². The number of fused-ring (bicyclic) bond motifs is 1. The smallest absolute Gasteiger partial charge is 0.248 e. The molecule has 0 aromatic heterocycles. The number of anilines is 1. The molecule has 5 nitrogen and oxygen atoms in total. The summed E-state index contributed by atoms with van der Waals surface area (Å²) in [6.07, 6.45) is 1.34. The number of nitrogens with one attached hydrogen (secondary N) is 1. The highest BCUT2D eigenvalue weighted by Gasteiger charge is 2.52. The number of rotatable bonds is 3. The summed E-state index contributed by atoms with van der Waals surface area (Å²) in [7, 11) is 1.58. The van der Waals surface area contributed by atoms with Crippen LogP contribution in [0.5, 0.6) is 5.75 Å². The molecule has 22 heavy (non-hydrogen) atoms. The molecule has 2 aliphatic rings. The SMILES string of the molecule is COc1ccc(C)cc1NC(=O)[C@@H]1CS[C@@]2(C)CCC(=O)N12. The Bertz CT molecular complexity index is 634. The fraction of sp³-hybridized carbons (Fsp3) is 0.500.